The van der Waals surface area contributed by atoms with E-state index in [0.717, 1.165) is 45.3 Å². The third kappa shape index (κ3) is 4.51. The Hall–Kier alpha value is -5.28. The van der Waals surface area contributed by atoms with Gasteiger partial charge in [-0.15, -0.1) is 0 Å². The molecule has 6 aromatic heterocycles. The van der Waals surface area contributed by atoms with Crippen LogP contribution in [0.3, 0.4) is 0 Å². The van der Waals surface area contributed by atoms with Crippen molar-refractivity contribution in [2.45, 2.75) is 13.1 Å². The van der Waals surface area contributed by atoms with Gasteiger partial charge in [0.2, 0.25) is 0 Å². The Kier molecular flexibility index (Phi) is 5.80. The van der Waals surface area contributed by atoms with Crippen LogP contribution in [0.5, 0.6) is 0 Å². The van der Waals surface area contributed by atoms with Crippen LogP contribution < -0.4 is 5.32 Å². The first-order valence-corrected chi connectivity index (χ1v) is 12.6. The third-order valence-electron chi connectivity index (χ3n) is 6.63. The van der Waals surface area contributed by atoms with Crippen molar-refractivity contribution in [1.29, 1.82) is 0 Å². The van der Waals surface area contributed by atoms with E-state index in [2.05, 4.69) is 64.7 Å². The fourth-order valence-corrected chi connectivity index (χ4v) is 4.71. The molecule has 0 fully saturated rings. The molecule has 0 saturated carbocycles. The van der Waals surface area contributed by atoms with Gasteiger partial charge in [-0.2, -0.15) is 5.10 Å². The summed E-state index contributed by atoms with van der Waals surface area (Å²) in [6.07, 6.45) is 10.9. The van der Waals surface area contributed by atoms with E-state index in [-0.39, 0.29) is 0 Å². The van der Waals surface area contributed by atoms with Gasteiger partial charge in [0.25, 0.3) is 0 Å². The normalized spacial score (nSPS) is 11.4. The molecule has 3 N–H and O–H groups in total. The highest BCUT2D eigenvalue weighted by atomic mass is 15.2. The van der Waals surface area contributed by atoms with Crippen molar-refractivity contribution in [3.05, 3.63) is 109 Å². The van der Waals surface area contributed by atoms with Crippen LogP contribution in [0.4, 0.5) is 0 Å². The molecular weight excluding hydrogens is 486 g/mol. The smallest absolute Gasteiger partial charge is 0.161 e. The number of rotatable bonds is 7. The molecule has 0 spiro atoms. The van der Waals surface area contributed by atoms with E-state index in [4.69, 9.17) is 4.98 Å². The number of fused-ring (bicyclic) bond motifs is 2. The van der Waals surface area contributed by atoms with Crippen molar-refractivity contribution >= 4 is 22.2 Å². The molecule has 0 aliphatic rings. The van der Waals surface area contributed by atoms with E-state index in [1.165, 1.54) is 5.56 Å². The molecule has 0 amide bonds. The number of H-pyrrole nitrogens is 2. The number of imidazole rings is 1. The zero-order chi connectivity index (χ0) is 26.0. The minimum atomic E-state index is 0.621. The third-order valence-corrected chi connectivity index (χ3v) is 6.63. The summed E-state index contributed by atoms with van der Waals surface area (Å²) in [5.74, 6) is 0.621. The van der Waals surface area contributed by atoms with E-state index in [9.17, 15) is 0 Å². The van der Waals surface area contributed by atoms with Crippen molar-refractivity contribution in [2.75, 3.05) is 0 Å². The van der Waals surface area contributed by atoms with Gasteiger partial charge in [-0.3, -0.25) is 15.1 Å². The first-order valence-electron chi connectivity index (χ1n) is 12.6. The maximum atomic E-state index is 4.88. The molecular formula is C30H23N9. The number of aromatic amines is 2. The molecule has 7 aromatic rings. The lowest BCUT2D eigenvalue weighted by molar-refractivity contribution is 0.691. The second-order valence-electron chi connectivity index (χ2n) is 9.25. The van der Waals surface area contributed by atoms with E-state index in [1.54, 1.807) is 12.4 Å². The van der Waals surface area contributed by atoms with Crippen LogP contribution in [0.2, 0.25) is 0 Å². The summed E-state index contributed by atoms with van der Waals surface area (Å²) >= 11 is 0. The molecule has 0 unspecified atom stereocenters. The van der Waals surface area contributed by atoms with E-state index in [0.29, 0.717) is 29.4 Å². The summed E-state index contributed by atoms with van der Waals surface area (Å²) in [7, 11) is 0. The zero-order valence-corrected chi connectivity index (χ0v) is 20.8. The summed E-state index contributed by atoms with van der Waals surface area (Å²) in [4.78, 5) is 26.1. The number of pyridine rings is 4. The number of nitrogens with zero attached hydrogens (tertiary/aromatic N) is 6. The van der Waals surface area contributed by atoms with Crippen molar-refractivity contribution in [3.8, 4) is 33.8 Å². The molecule has 7 rings (SSSR count). The van der Waals surface area contributed by atoms with Crippen LogP contribution in [0, 0.1) is 0 Å². The average molecular weight is 510 g/mol. The lowest BCUT2D eigenvalue weighted by Gasteiger charge is -2.07. The molecule has 188 valence electrons. The second-order valence-corrected chi connectivity index (χ2v) is 9.25. The number of benzene rings is 1. The maximum absolute atomic E-state index is 4.88. The number of hydrogen-bond donors (Lipinski definition) is 3. The highest BCUT2D eigenvalue weighted by Crippen LogP contribution is 2.31. The highest BCUT2D eigenvalue weighted by Gasteiger charge is 2.17. The van der Waals surface area contributed by atoms with Crippen molar-refractivity contribution in [1.82, 2.24) is 45.4 Å². The summed E-state index contributed by atoms with van der Waals surface area (Å²) in [5, 5.41) is 11.9. The van der Waals surface area contributed by atoms with Crippen molar-refractivity contribution in [2.24, 2.45) is 0 Å². The fraction of sp³-hybridized carbons (Fsp3) is 0.0667. The monoisotopic (exact) mass is 509 g/mol. The molecule has 0 aliphatic carbocycles. The van der Waals surface area contributed by atoms with Gasteiger partial charge in [-0.1, -0.05) is 36.4 Å². The van der Waals surface area contributed by atoms with E-state index < -0.39 is 0 Å². The average Bonchev–Trinajstić information content (AvgIpc) is 3.62. The topological polar surface area (TPSA) is 121 Å². The van der Waals surface area contributed by atoms with Gasteiger partial charge in [0.15, 0.2) is 17.1 Å². The van der Waals surface area contributed by atoms with Crippen LogP contribution >= 0.6 is 0 Å². The van der Waals surface area contributed by atoms with E-state index in [1.807, 2.05) is 61.2 Å². The minimum absolute atomic E-state index is 0.621. The first kappa shape index (κ1) is 22.9. The Balaban J connectivity index is 1.20. The summed E-state index contributed by atoms with van der Waals surface area (Å²) in [5.41, 5.74) is 9.04. The van der Waals surface area contributed by atoms with Crippen molar-refractivity contribution < 1.29 is 0 Å². The Morgan fingerprint density at radius 2 is 1.56 bits per heavy atom. The number of aromatic nitrogens is 8. The van der Waals surface area contributed by atoms with E-state index >= 15 is 0 Å². The Labute approximate surface area is 223 Å². The quantitative estimate of drug-likeness (QED) is 0.266. The summed E-state index contributed by atoms with van der Waals surface area (Å²) in [6.45, 7) is 1.51. The SMILES string of the molecule is c1ccc(CNCc2cncc(-c3cnc4[nH]nc(-c5nc6c(-c7cccnc7)ccnc6[nH]5)c4c3)c2)cc1. The predicted molar refractivity (Wildman–Crippen MR) is 150 cm³/mol. The largest absolute Gasteiger partial charge is 0.321 e. The lowest BCUT2D eigenvalue weighted by Crippen LogP contribution is -2.12. The van der Waals surface area contributed by atoms with Crippen LogP contribution in [-0.2, 0) is 13.1 Å². The standard InChI is InChI=1S/C30H23N9/c1-2-5-19(6-3-1)13-32-14-20-11-22(17-33-15-20)23-12-25-27(38-39-28(25)35-18-23)30-36-26-24(8-10-34-29(26)37-30)21-7-4-9-31-16-21/h1-12,15-18,32H,13-14H2,(H,34,36,37)(H,35,38,39). The lowest BCUT2D eigenvalue weighted by atomic mass is 10.1. The molecule has 9 nitrogen and oxygen atoms in total. The minimum Gasteiger partial charge on any atom is -0.321 e. The molecule has 1 aromatic carbocycles. The van der Waals surface area contributed by atoms with Gasteiger partial charge in [0.1, 0.15) is 11.2 Å². The molecule has 39 heavy (non-hydrogen) atoms. The molecule has 0 atom stereocenters. The Morgan fingerprint density at radius 1 is 0.692 bits per heavy atom. The predicted octanol–water partition coefficient (Wildman–Crippen LogP) is 5.31. The van der Waals surface area contributed by atoms with Gasteiger partial charge >= 0.3 is 0 Å². The van der Waals surface area contributed by atoms with Crippen LogP contribution in [0.25, 0.3) is 56.0 Å². The Bertz CT molecular complexity index is 1890. The van der Waals surface area contributed by atoms with Gasteiger partial charge < -0.3 is 10.3 Å². The van der Waals surface area contributed by atoms with Gasteiger partial charge in [0, 0.05) is 72.5 Å². The van der Waals surface area contributed by atoms with Crippen molar-refractivity contribution in [3.63, 3.8) is 0 Å². The number of hydrogen-bond acceptors (Lipinski definition) is 7. The fourth-order valence-electron chi connectivity index (χ4n) is 4.71. The molecule has 0 aliphatic heterocycles. The van der Waals surface area contributed by atoms with Gasteiger partial charge in [-0.05, 0) is 35.4 Å². The molecule has 0 saturated heterocycles. The molecule has 9 heteroatoms. The molecule has 0 bridgehead atoms. The highest BCUT2D eigenvalue weighted by molar-refractivity contribution is 5.96. The first-order chi connectivity index (χ1) is 19.3. The summed E-state index contributed by atoms with van der Waals surface area (Å²) < 4.78 is 0. The Morgan fingerprint density at radius 3 is 2.46 bits per heavy atom. The molecule has 6 heterocycles. The van der Waals surface area contributed by atoms with Gasteiger partial charge in [0.05, 0.1) is 5.39 Å². The maximum Gasteiger partial charge on any atom is 0.161 e. The van der Waals surface area contributed by atoms with Crippen LogP contribution in [0.1, 0.15) is 11.1 Å². The number of nitrogens with one attached hydrogen (secondary N) is 3. The summed E-state index contributed by atoms with van der Waals surface area (Å²) in [6, 6.07) is 20.4. The van der Waals surface area contributed by atoms with Crippen LogP contribution in [-0.4, -0.2) is 40.1 Å². The van der Waals surface area contributed by atoms with Gasteiger partial charge in [-0.25, -0.2) is 15.0 Å². The molecule has 0 radical (unpaired) electrons. The zero-order valence-electron chi connectivity index (χ0n) is 20.8. The van der Waals surface area contributed by atoms with Crippen LogP contribution in [0.15, 0.2) is 97.8 Å². The second kappa shape index (κ2) is 9.88.